The van der Waals surface area contributed by atoms with Crippen molar-refractivity contribution in [2.45, 2.75) is 32.4 Å². The average Bonchev–Trinajstić information content (AvgIpc) is 3.00. The molecule has 2 atom stereocenters. The van der Waals surface area contributed by atoms with E-state index in [1.807, 2.05) is 11.3 Å². The van der Waals surface area contributed by atoms with Crippen molar-refractivity contribution in [2.24, 2.45) is 0 Å². The first-order valence-corrected chi connectivity index (χ1v) is 9.98. The van der Waals surface area contributed by atoms with E-state index >= 15 is 0 Å². The van der Waals surface area contributed by atoms with Gasteiger partial charge in [-0.05, 0) is 37.4 Å². The van der Waals surface area contributed by atoms with E-state index in [1.165, 1.54) is 51.3 Å². The minimum Gasteiger partial charge on any atom is -0.314 e. The summed E-state index contributed by atoms with van der Waals surface area (Å²) < 4.78 is 0. The number of rotatable bonds is 5. The van der Waals surface area contributed by atoms with Crippen molar-refractivity contribution in [2.75, 3.05) is 59.4 Å². The van der Waals surface area contributed by atoms with Gasteiger partial charge in [0.25, 0.3) is 0 Å². The van der Waals surface area contributed by atoms with Crippen LogP contribution < -0.4 is 5.32 Å². The molecule has 3 heterocycles. The van der Waals surface area contributed by atoms with Crippen molar-refractivity contribution < 1.29 is 0 Å². The van der Waals surface area contributed by atoms with Crippen LogP contribution in [0.4, 0.5) is 0 Å². The van der Waals surface area contributed by atoms with Crippen molar-refractivity contribution >= 4 is 11.3 Å². The second kappa shape index (κ2) is 8.08. The molecule has 0 aromatic carbocycles. The number of nitrogens with zero attached hydrogens (tertiary/aromatic N) is 3. The van der Waals surface area contributed by atoms with Gasteiger partial charge in [-0.2, -0.15) is 0 Å². The number of nitrogens with one attached hydrogen (secondary N) is 1. The highest BCUT2D eigenvalue weighted by Crippen LogP contribution is 2.32. The van der Waals surface area contributed by atoms with E-state index < -0.39 is 0 Å². The first-order chi connectivity index (χ1) is 11.2. The van der Waals surface area contributed by atoms with E-state index in [1.54, 1.807) is 4.88 Å². The number of thiophene rings is 1. The third-order valence-electron chi connectivity index (χ3n) is 5.50. The van der Waals surface area contributed by atoms with Gasteiger partial charge in [-0.25, -0.2) is 0 Å². The molecule has 3 rings (SSSR count). The van der Waals surface area contributed by atoms with Gasteiger partial charge >= 0.3 is 0 Å². The van der Waals surface area contributed by atoms with Gasteiger partial charge in [0.05, 0.1) is 6.04 Å². The van der Waals surface area contributed by atoms with Crippen LogP contribution in [0.2, 0.25) is 0 Å². The lowest BCUT2D eigenvalue weighted by Gasteiger charge is -2.44. The topological polar surface area (TPSA) is 21.8 Å². The summed E-state index contributed by atoms with van der Waals surface area (Å²) in [5.74, 6) is 0. The average molecular weight is 337 g/mol. The van der Waals surface area contributed by atoms with Gasteiger partial charge in [-0.3, -0.25) is 9.80 Å². The summed E-state index contributed by atoms with van der Waals surface area (Å²) in [6.07, 6.45) is 1.23. The maximum absolute atomic E-state index is 3.58. The molecule has 0 aliphatic carbocycles. The van der Waals surface area contributed by atoms with E-state index in [2.05, 4.69) is 52.4 Å². The maximum atomic E-state index is 3.58. The molecular weight excluding hydrogens is 304 g/mol. The van der Waals surface area contributed by atoms with Crippen LogP contribution in [0.15, 0.2) is 11.4 Å². The Morgan fingerprint density at radius 2 is 2.04 bits per heavy atom. The Kier molecular flexibility index (Phi) is 6.10. The quantitative estimate of drug-likeness (QED) is 0.888. The largest absolute Gasteiger partial charge is 0.314 e. The third kappa shape index (κ3) is 4.15. The molecule has 1 aromatic rings. The standard InChI is InChI=1S/C18H32N4S/c1-4-16-13-19-6-7-22(16)17(18-15(2)5-12-23-18)14-21-10-8-20(3)9-11-21/h5,12,16-17,19H,4,6-11,13-14H2,1-3H3. The molecule has 1 N–H and O–H groups in total. The second-order valence-electron chi connectivity index (χ2n) is 7.09. The zero-order valence-corrected chi connectivity index (χ0v) is 15.7. The highest BCUT2D eigenvalue weighted by atomic mass is 32.1. The van der Waals surface area contributed by atoms with Crippen molar-refractivity contribution in [3.8, 4) is 0 Å². The van der Waals surface area contributed by atoms with E-state index in [-0.39, 0.29) is 0 Å². The van der Waals surface area contributed by atoms with Gasteiger partial charge in [-0.15, -0.1) is 11.3 Å². The van der Waals surface area contributed by atoms with Gasteiger partial charge in [-0.1, -0.05) is 6.92 Å². The van der Waals surface area contributed by atoms with Crippen LogP contribution in [0, 0.1) is 6.92 Å². The lowest BCUT2D eigenvalue weighted by atomic mass is 10.0. The fourth-order valence-corrected chi connectivity index (χ4v) is 4.94. The number of piperazine rings is 2. The third-order valence-corrected chi connectivity index (χ3v) is 6.62. The van der Waals surface area contributed by atoms with E-state index in [9.17, 15) is 0 Å². The molecule has 2 aliphatic heterocycles. The molecule has 2 saturated heterocycles. The highest BCUT2D eigenvalue weighted by Gasteiger charge is 2.32. The van der Waals surface area contributed by atoms with Crippen LogP contribution in [-0.4, -0.2) is 80.1 Å². The molecule has 1 aromatic heterocycles. The Morgan fingerprint density at radius 3 is 2.70 bits per heavy atom. The Balaban J connectivity index is 1.77. The molecule has 2 fully saturated rings. The smallest absolute Gasteiger partial charge is 0.0575 e. The first-order valence-electron chi connectivity index (χ1n) is 9.10. The summed E-state index contributed by atoms with van der Waals surface area (Å²) in [7, 11) is 2.24. The molecule has 0 saturated carbocycles. The Labute approximate surface area is 145 Å². The van der Waals surface area contributed by atoms with Crippen molar-refractivity contribution in [1.82, 2.24) is 20.0 Å². The highest BCUT2D eigenvalue weighted by molar-refractivity contribution is 7.10. The van der Waals surface area contributed by atoms with Crippen molar-refractivity contribution in [1.29, 1.82) is 0 Å². The first kappa shape index (κ1) is 17.4. The van der Waals surface area contributed by atoms with Gasteiger partial charge < -0.3 is 10.2 Å². The minimum atomic E-state index is 0.561. The molecule has 2 aliphatic rings. The Bertz CT molecular complexity index is 481. The van der Waals surface area contributed by atoms with Crippen LogP contribution in [0.25, 0.3) is 0 Å². The maximum Gasteiger partial charge on any atom is 0.0575 e. The lowest BCUT2D eigenvalue weighted by Crippen LogP contribution is -2.55. The molecule has 23 heavy (non-hydrogen) atoms. The summed E-state index contributed by atoms with van der Waals surface area (Å²) in [4.78, 5) is 9.50. The summed E-state index contributed by atoms with van der Waals surface area (Å²) in [5, 5.41) is 5.85. The van der Waals surface area contributed by atoms with Gasteiger partial charge in [0.2, 0.25) is 0 Å². The molecule has 0 spiro atoms. The van der Waals surface area contributed by atoms with Crippen LogP contribution in [0.3, 0.4) is 0 Å². The summed E-state index contributed by atoms with van der Waals surface area (Å²) in [6.45, 7) is 14.1. The molecule has 4 nitrogen and oxygen atoms in total. The van der Waals surface area contributed by atoms with Crippen LogP contribution >= 0.6 is 11.3 Å². The van der Waals surface area contributed by atoms with Crippen LogP contribution in [0.1, 0.15) is 29.8 Å². The monoisotopic (exact) mass is 336 g/mol. The van der Waals surface area contributed by atoms with Crippen LogP contribution in [0.5, 0.6) is 0 Å². The fourth-order valence-electron chi connectivity index (χ4n) is 3.91. The van der Waals surface area contributed by atoms with Gasteiger partial charge in [0, 0.05) is 63.3 Å². The van der Waals surface area contributed by atoms with Gasteiger partial charge in [0.15, 0.2) is 0 Å². The number of likely N-dealkylation sites (N-methyl/N-ethyl adjacent to an activating group) is 1. The van der Waals surface area contributed by atoms with E-state index in [0.29, 0.717) is 12.1 Å². The molecule has 130 valence electrons. The fraction of sp³-hybridized carbons (Fsp3) is 0.778. The lowest BCUT2D eigenvalue weighted by molar-refractivity contribution is 0.0600. The molecule has 0 amide bonds. The Hall–Kier alpha value is -0.460. The van der Waals surface area contributed by atoms with Crippen LogP contribution in [-0.2, 0) is 0 Å². The summed E-state index contributed by atoms with van der Waals surface area (Å²) >= 11 is 1.95. The van der Waals surface area contributed by atoms with Crippen molar-refractivity contribution in [3.63, 3.8) is 0 Å². The molecular formula is C18H32N4S. The minimum absolute atomic E-state index is 0.561. The van der Waals surface area contributed by atoms with E-state index in [0.717, 1.165) is 13.1 Å². The zero-order valence-electron chi connectivity index (χ0n) is 14.9. The Morgan fingerprint density at radius 1 is 1.26 bits per heavy atom. The molecule has 2 unspecified atom stereocenters. The SMILES string of the molecule is CCC1CNCCN1C(CN1CCN(C)CC1)c1sccc1C. The number of aryl methyl sites for hydroxylation is 1. The summed E-state index contributed by atoms with van der Waals surface area (Å²) in [5.41, 5.74) is 1.47. The predicted molar refractivity (Wildman–Crippen MR) is 99.4 cm³/mol. The zero-order chi connectivity index (χ0) is 16.2. The number of hydrogen-bond donors (Lipinski definition) is 1. The van der Waals surface area contributed by atoms with E-state index in [4.69, 9.17) is 0 Å². The van der Waals surface area contributed by atoms with Crippen molar-refractivity contribution in [3.05, 3.63) is 21.9 Å². The number of hydrogen-bond acceptors (Lipinski definition) is 5. The molecule has 0 radical (unpaired) electrons. The molecule has 5 heteroatoms. The summed E-state index contributed by atoms with van der Waals surface area (Å²) in [6, 6.07) is 3.52. The normalized spacial score (nSPS) is 26.5. The predicted octanol–water partition coefficient (Wildman–Crippen LogP) is 2.03. The molecule has 0 bridgehead atoms. The second-order valence-corrected chi connectivity index (χ2v) is 8.04. The van der Waals surface area contributed by atoms with Gasteiger partial charge in [0.1, 0.15) is 0 Å².